The van der Waals surface area contributed by atoms with Gasteiger partial charge in [-0.15, -0.1) is 0 Å². The zero-order valence-corrected chi connectivity index (χ0v) is 8.89. The summed E-state index contributed by atoms with van der Waals surface area (Å²) in [7, 11) is 1.78. The molecule has 0 bridgehead atoms. The average Bonchev–Trinajstić information content (AvgIpc) is 2.34. The number of nitrogens with zero attached hydrogens (tertiary/aromatic N) is 2. The van der Waals surface area contributed by atoms with Crippen molar-refractivity contribution in [1.82, 2.24) is 15.3 Å². The Bertz CT molecular complexity index is 459. The van der Waals surface area contributed by atoms with E-state index in [0.29, 0.717) is 5.56 Å². The molecule has 1 atom stereocenters. The monoisotopic (exact) mass is 217 g/mol. The molecule has 2 heterocycles. The van der Waals surface area contributed by atoms with Gasteiger partial charge in [-0.05, 0) is 25.2 Å². The van der Waals surface area contributed by atoms with Crippen LogP contribution in [0.4, 0.5) is 4.39 Å². The maximum atomic E-state index is 13.6. The van der Waals surface area contributed by atoms with Crippen molar-refractivity contribution in [1.29, 1.82) is 0 Å². The largest absolute Gasteiger partial charge is 0.308 e. The smallest absolute Gasteiger partial charge is 0.146 e. The predicted octanol–water partition coefficient (Wildman–Crippen LogP) is 1.92. The second kappa shape index (κ2) is 4.81. The summed E-state index contributed by atoms with van der Waals surface area (Å²) in [5.74, 6) is -0.326. The number of hydrogen-bond acceptors (Lipinski definition) is 3. The number of nitrogens with one attached hydrogen (secondary N) is 1. The fraction of sp³-hybridized carbons (Fsp3) is 0.167. The van der Waals surface area contributed by atoms with Crippen molar-refractivity contribution < 1.29 is 4.39 Å². The second-order valence-corrected chi connectivity index (χ2v) is 3.37. The molecule has 1 N–H and O–H groups in total. The zero-order valence-electron chi connectivity index (χ0n) is 8.89. The van der Waals surface area contributed by atoms with Crippen molar-refractivity contribution in [3.05, 3.63) is 59.9 Å². The molecule has 2 aromatic heterocycles. The highest BCUT2D eigenvalue weighted by Crippen LogP contribution is 2.21. The molecular formula is C12H12FN3. The van der Waals surface area contributed by atoms with Gasteiger partial charge in [-0.3, -0.25) is 9.97 Å². The van der Waals surface area contributed by atoms with Crippen LogP contribution in [-0.4, -0.2) is 17.0 Å². The third-order valence-electron chi connectivity index (χ3n) is 2.39. The van der Waals surface area contributed by atoms with E-state index in [1.165, 1.54) is 6.20 Å². The molecule has 0 aliphatic heterocycles. The van der Waals surface area contributed by atoms with Crippen LogP contribution in [0.5, 0.6) is 0 Å². The first-order valence-corrected chi connectivity index (χ1v) is 5.00. The molecular weight excluding hydrogens is 205 g/mol. The summed E-state index contributed by atoms with van der Waals surface area (Å²) in [6.07, 6.45) is 4.48. The van der Waals surface area contributed by atoms with Crippen LogP contribution in [0.3, 0.4) is 0 Å². The van der Waals surface area contributed by atoms with Crippen LogP contribution in [0.25, 0.3) is 0 Å². The van der Waals surface area contributed by atoms with Gasteiger partial charge < -0.3 is 5.32 Å². The second-order valence-electron chi connectivity index (χ2n) is 3.37. The first kappa shape index (κ1) is 10.7. The van der Waals surface area contributed by atoms with Crippen molar-refractivity contribution in [2.45, 2.75) is 6.04 Å². The lowest BCUT2D eigenvalue weighted by Crippen LogP contribution is -2.20. The molecule has 16 heavy (non-hydrogen) atoms. The topological polar surface area (TPSA) is 37.8 Å². The number of halogens is 1. The fourth-order valence-electron chi connectivity index (χ4n) is 1.63. The Kier molecular flexibility index (Phi) is 3.22. The van der Waals surface area contributed by atoms with E-state index in [2.05, 4.69) is 15.3 Å². The third-order valence-corrected chi connectivity index (χ3v) is 2.39. The minimum Gasteiger partial charge on any atom is -0.308 e. The lowest BCUT2D eigenvalue weighted by Gasteiger charge is -2.16. The first-order valence-electron chi connectivity index (χ1n) is 5.00. The van der Waals surface area contributed by atoms with Crippen molar-refractivity contribution in [2.24, 2.45) is 0 Å². The van der Waals surface area contributed by atoms with Crippen LogP contribution in [0.1, 0.15) is 17.3 Å². The maximum absolute atomic E-state index is 13.6. The summed E-state index contributed by atoms with van der Waals surface area (Å²) in [6.45, 7) is 0. The van der Waals surface area contributed by atoms with Gasteiger partial charge in [0.25, 0.3) is 0 Å². The molecule has 1 unspecified atom stereocenters. The van der Waals surface area contributed by atoms with Gasteiger partial charge in [0.15, 0.2) is 0 Å². The lowest BCUT2D eigenvalue weighted by molar-refractivity contribution is 0.565. The van der Waals surface area contributed by atoms with E-state index in [0.717, 1.165) is 5.69 Å². The van der Waals surface area contributed by atoms with Crippen LogP contribution >= 0.6 is 0 Å². The van der Waals surface area contributed by atoms with Crippen LogP contribution in [-0.2, 0) is 0 Å². The molecule has 0 aromatic carbocycles. The van der Waals surface area contributed by atoms with E-state index in [4.69, 9.17) is 0 Å². The molecule has 3 nitrogen and oxygen atoms in total. The average molecular weight is 217 g/mol. The molecule has 4 heteroatoms. The van der Waals surface area contributed by atoms with E-state index in [-0.39, 0.29) is 11.9 Å². The summed E-state index contributed by atoms with van der Waals surface area (Å²) in [4.78, 5) is 7.95. The molecule has 0 spiro atoms. The van der Waals surface area contributed by atoms with Gasteiger partial charge in [0.05, 0.1) is 17.9 Å². The normalized spacial score (nSPS) is 12.4. The zero-order chi connectivity index (χ0) is 11.4. The quantitative estimate of drug-likeness (QED) is 0.853. The Morgan fingerprint density at radius 2 is 2.12 bits per heavy atom. The van der Waals surface area contributed by atoms with Crippen LogP contribution in [0, 0.1) is 5.82 Å². The minimum atomic E-state index is -0.326. The Labute approximate surface area is 93.4 Å². The summed E-state index contributed by atoms with van der Waals surface area (Å²) in [5.41, 5.74) is 1.34. The van der Waals surface area contributed by atoms with Gasteiger partial charge in [0.1, 0.15) is 5.82 Å². The maximum Gasteiger partial charge on any atom is 0.146 e. The van der Waals surface area contributed by atoms with Gasteiger partial charge in [-0.25, -0.2) is 4.39 Å². The molecule has 0 saturated carbocycles. The first-order chi connectivity index (χ1) is 7.83. The molecule has 2 aromatic rings. The van der Waals surface area contributed by atoms with Crippen LogP contribution in [0.2, 0.25) is 0 Å². The molecule has 82 valence electrons. The summed E-state index contributed by atoms with van der Waals surface area (Å²) >= 11 is 0. The lowest BCUT2D eigenvalue weighted by atomic mass is 10.0. The standard InChI is InChI=1S/C12H12FN3/c1-14-12(11-4-2-3-6-16-11)9-5-7-15-8-10(9)13/h2-8,12,14H,1H3. The Morgan fingerprint density at radius 1 is 1.25 bits per heavy atom. The molecule has 0 amide bonds. The molecule has 0 aliphatic rings. The van der Waals surface area contributed by atoms with E-state index in [1.54, 1.807) is 25.5 Å². The Balaban J connectivity index is 2.41. The van der Waals surface area contributed by atoms with Crippen LogP contribution in [0.15, 0.2) is 42.9 Å². The molecule has 0 radical (unpaired) electrons. The van der Waals surface area contributed by atoms with Crippen LogP contribution < -0.4 is 5.32 Å². The highest BCUT2D eigenvalue weighted by atomic mass is 19.1. The summed E-state index contributed by atoms with van der Waals surface area (Å²) in [5, 5.41) is 3.05. The van der Waals surface area contributed by atoms with Gasteiger partial charge >= 0.3 is 0 Å². The highest BCUT2D eigenvalue weighted by Gasteiger charge is 2.16. The number of hydrogen-bond donors (Lipinski definition) is 1. The van der Waals surface area contributed by atoms with E-state index >= 15 is 0 Å². The summed E-state index contributed by atoms with van der Waals surface area (Å²) < 4.78 is 13.6. The van der Waals surface area contributed by atoms with E-state index < -0.39 is 0 Å². The molecule has 0 saturated heterocycles. The van der Waals surface area contributed by atoms with Gasteiger partial charge in [-0.1, -0.05) is 6.07 Å². The van der Waals surface area contributed by atoms with Crippen molar-refractivity contribution >= 4 is 0 Å². The number of rotatable bonds is 3. The van der Waals surface area contributed by atoms with Crippen molar-refractivity contribution in [2.75, 3.05) is 7.05 Å². The fourth-order valence-corrected chi connectivity index (χ4v) is 1.63. The van der Waals surface area contributed by atoms with E-state index in [9.17, 15) is 4.39 Å². The number of aromatic nitrogens is 2. The molecule has 2 rings (SSSR count). The van der Waals surface area contributed by atoms with Gasteiger partial charge in [0, 0.05) is 18.0 Å². The van der Waals surface area contributed by atoms with Crippen molar-refractivity contribution in [3.8, 4) is 0 Å². The van der Waals surface area contributed by atoms with E-state index in [1.807, 2.05) is 18.2 Å². The van der Waals surface area contributed by atoms with Gasteiger partial charge in [0.2, 0.25) is 0 Å². The SMILES string of the molecule is CNC(c1ccccn1)c1ccncc1F. The molecule has 0 fully saturated rings. The Hall–Kier alpha value is -1.81. The Morgan fingerprint density at radius 3 is 2.75 bits per heavy atom. The predicted molar refractivity (Wildman–Crippen MR) is 59.3 cm³/mol. The molecule has 0 aliphatic carbocycles. The summed E-state index contributed by atoms with van der Waals surface area (Å²) in [6, 6.07) is 6.99. The minimum absolute atomic E-state index is 0.246. The third kappa shape index (κ3) is 2.06. The number of pyridine rings is 2. The van der Waals surface area contributed by atoms with Gasteiger partial charge in [-0.2, -0.15) is 0 Å². The van der Waals surface area contributed by atoms with Crippen molar-refractivity contribution in [3.63, 3.8) is 0 Å². The highest BCUT2D eigenvalue weighted by molar-refractivity contribution is 5.26.